The summed E-state index contributed by atoms with van der Waals surface area (Å²) in [5.74, 6) is 0. The number of oxime groups is 1. The highest BCUT2D eigenvalue weighted by molar-refractivity contribution is 5.78. The Labute approximate surface area is 91.2 Å². The van der Waals surface area contributed by atoms with E-state index in [0.717, 1.165) is 12.0 Å². The van der Waals surface area contributed by atoms with Gasteiger partial charge in [0, 0.05) is 12.4 Å². The number of nitrogens with zero attached hydrogens (tertiary/aromatic N) is 2. The summed E-state index contributed by atoms with van der Waals surface area (Å²) in [6.07, 6.45) is 10.0. The third-order valence-electron chi connectivity index (χ3n) is 2.07. The molecule has 0 aromatic carbocycles. The maximum atomic E-state index is 5.13. The van der Waals surface area contributed by atoms with Gasteiger partial charge in [0.2, 0.25) is 0 Å². The van der Waals surface area contributed by atoms with Crippen LogP contribution < -0.4 is 0 Å². The van der Waals surface area contributed by atoms with Crippen molar-refractivity contribution < 1.29 is 4.84 Å². The van der Waals surface area contributed by atoms with E-state index in [0.29, 0.717) is 6.61 Å². The number of unbranched alkanes of at least 4 members (excludes halogenated alkanes) is 3. The van der Waals surface area contributed by atoms with Crippen molar-refractivity contribution in [3.63, 3.8) is 0 Å². The first-order chi connectivity index (χ1) is 7.43. The molecule has 0 saturated carbocycles. The van der Waals surface area contributed by atoms with Crippen LogP contribution in [0.15, 0.2) is 29.7 Å². The molecule has 0 saturated heterocycles. The van der Waals surface area contributed by atoms with Gasteiger partial charge in [0.25, 0.3) is 0 Å². The summed E-state index contributed by atoms with van der Waals surface area (Å²) in [6.45, 7) is 2.91. The van der Waals surface area contributed by atoms with Crippen LogP contribution in [0.2, 0.25) is 0 Å². The summed E-state index contributed by atoms with van der Waals surface area (Å²) in [5, 5.41) is 3.89. The minimum atomic E-state index is 0.710. The van der Waals surface area contributed by atoms with E-state index in [1.807, 2.05) is 12.1 Å². The van der Waals surface area contributed by atoms with Crippen LogP contribution >= 0.6 is 0 Å². The lowest BCUT2D eigenvalue weighted by Gasteiger charge is -1.98. The van der Waals surface area contributed by atoms with Crippen molar-refractivity contribution >= 4 is 6.21 Å². The van der Waals surface area contributed by atoms with Crippen molar-refractivity contribution in [3.05, 3.63) is 30.1 Å². The van der Waals surface area contributed by atoms with E-state index in [4.69, 9.17) is 4.84 Å². The quantitative estimate of drug-likeness (QED) is 0.390. The second-order valence-electron chi connectivity index (χ2n) is 3.41. The van der Waals surface area contributed by atoms with E-state index in [2.05, 4.69) is 17.1 Å². The summed E-state index contributed by atoms with van der Waals surface area (Å²) >= 11 is 0. The normalized spacial score (nSPS) is 10.7. The zero-order valence-corrected chi connectivity index (χ0v) is 9.22. The third kappa shape index (κ3) is 5.83. The zero-order valence-electron chi connectivity index (χ0n) is 9.22. The number of aromatic nitrogens is 1. The number of rotatable bonds is 7. The Morgan fingerprint density at radius 1 is 1.27 bits per heavy atom. The molecule has 0 bridgehead atoms. The lowest BCUT2D eigenvalue weighted by atomic mass is 10.2. The molecule has 0 unspecified atom stereocenters. The van der Waals surface area contributed by atoms with Gasteiger partial charge in [-0.1, -0.05) is 24.9 Å². The molecule has 82 valence electrons. The lowest BCUT2D eigenvalue weighted by Crippen LogP contribution is -1.89. The molecule has 1 aromatic rings. The molecule has 0 fully saturated rings. The van der Waals surface area contributed by atoms with Gasteiger partial charge in [-0.2, -0.15) is 0 Å². The fourth-order valence-corrected chi connectivity index (χ4v) is 1.19. The summed E-state index contributed by atoms with van der Waals surface area (Å²) in [6, 6.07) is 3.79. The van der Waals surface area contributed by atoms with Gasteiger partial charge in [-0.3, -0.25) is 4.98 Å². The molecule has 1 aromatic heterocycles. The van der Waals surface area contributed by atoms with Crippen molar-refractivity contribution in [3.8, 4) is 0 Å². The largest absolute Gasteiger partial charge is 0.396 e. The van der Waals surface area contributed by atoms with Crippen LogP contribution in [0, 0.1) is 0 Å². The maximum absolute atomic E-state index is 5.13. The standard InChI is InChI=1S/C12H18N2O/c1-2-3-4-5-10-15-14-11-12-6-8-13-9-7-12/h6-9,11H,2-5,10H2,1H3/b14-11+. The highest BCUT2D eigenvalue weighted by Gasteiger charge is 1.87. The fraction of sp³-hybridized carbons (Fsp3) is 0.500. The Morgan fingerprint density at radius 3 is 2.80 bits per heavy atom. The molecule has 0 amide bonds. The van der Waals surface area contributed by atoms with Crippen LogP contribution in [0.25, 0.3) is 0 Å². The van der Waals surface area contributed by atoms with Gasteiger partial charge >= 0.3 is 0 Å². The number of hydrogen-bond acceptors (Lipinski definition) is 3. The van der Waals surface area contributed by atoms with E-state index in [1.165, 1.54) is 19.3 Å². The smallest absolute Gasteiger partial charge is 0.117 e. The highest BCUT2D eigenvalue weighted by atomic mass is 16.6. The number of pyridine rings is 1. The minimum absolute atomic E-state index is 0.710. The Balaban J connectivity index is 2.07. The van der Waals surface area contributed by atoms with Gasteiger partial charge in [-0.05, 0) is 30.5 Å². The van der Waals surface area contributed by atoms with Crippen molar-refractivity contribution in [2.24, 2.45) is 5.16 Å². The van der Waals surface area contributed by atoms with Crippen molar-refractivity contribution in [1.82, 2.24) is 4.98 Å². The van der Waals surface area contributed by atoms with Crippen molar-refractivity contribution in [2.45, 2.75) is 32.6 Å². The second kappa shape index (κ2) is 7.97. The fourth-order valence-electron chi connectivity index (χ4n) is 1.19. The van der Waals surface area contributed by atoms with Crippen LogP contribution in [0.5, 0.6) is 0 Å². The lowest BCUT2D eigenvalue weighted by molar-refractivity contribution is 0.141. The van der Waals surface area contributed by atoms with Crippen LogP contribution in [0.1, 0.15) is 38.2 Å². The monoisotopic (exact) mass is 206 g/mol. The van der Waals surface area contributed by atoms with Gasteiger partial charge in [-0.25, -0.2) is 0 Å². The molecule has 1 heterocycles. The van der Waals surface area contributed by atoms with E-state index >= 15 is 0 Å². The molecule has 0 aliphatic rings. The number of hydrogen-bond donors (Lipinski definition) is 0. The van der Waals surface area contributed by atoms with E-state index < -0.39 is 0 Å². The minimum Gasteiger partial charge on any atom is -0.396 e. The molecule has 0 N–H and O–H groups in total. The van der Waals surface area contributed by atoms with Gasteiger partial charge in [0.05, 0.1) is 6.21 Å². The molecule has 0 aliphatic heterocycles. The summed E-state index contributed by atoms with van der Waals surface area (Å²) < 4.78 is 0. The predicted molar refractivity (Wildman–Crippen MR) is 61.9 cm³/mol. The SMILES string of the molecule is CCCCCCO/N=C/c1ccncc1. The molecule has 3 heteroatoms. The first-order valence-corrected chi connectivity index (χ1v) is 5.49. The molecular formula is C12H18N2O. The molecule has 0 atom stereocenters. The zero-order chi connectivity index (χ0) is 10.8. The second-order valence-corrected chi connectivity index (χ2v) is 3.41. The van der Waals surface area contributed by atoms with Gasteiger partial charge in [-0.15, -0.1) is 0 Å². The van der Waals surface area contributed by atoms with Crippen LogP contribution in [0.3, 0.4) is 0 Å². The predicted octanol–water partition coefficient (Wildman–Crippen LogP) is 3.01. The van der Waals surface area contributed by atoms with Crippen LogP contribution in [0.4, 0.5) is 0 Å². The van der Waals surface area contributed by atoms with Gasteiger partial charge in [0.15, 0.2) is 0 Å². The first kappa shape index (κ1) is 11.7. The Morgan fingerprint density at radius 2 is 2.07 bits per heavy atom. The molecular weight excluding hydrogens is 188 g/mol. The molecule has 0 spiro atoms. The maximum Gasteiger partial charge on any atom is 0.117 e. The average molecular weight is 206 g/mol. The van der Waals surface area contributed by atoms with Crippen LogP contribution in [-0.2, 0) is 4.84 Å². The van der Waals surface area contributed by atoms with E-state index in [1.54, 1.807) is 18.6 Å². The Bertz CT molecular complexity index is 272. The summed E-state index contributed by atoms with van der Waals surface area (Å²) in [7, 11) is 0. The summed E-state index contributed by atoms with van der Waals surface area (Å²) in [4.78, 5) is 9.05. The molecule has 0 radical (unpaired) electrons. The van der Waals surface area contributed by atoms with Gasteiger partial charge in [0.1, 0.15) is 6.61 Å². The van der Waals surface area contributed by atoms with E-state index in [9.17, 15) is 0 Å². The first-order valence-electron chi connectivity index (χ1n) is 5.49. The third-order valence-corrected chi connectivity index (χ3v) is 2.07. The molecule has 15 heavy (non-hydrogen) atoms. The summed E-state index contributed by atoms with van der Waals surface area (Å²) in [5.41, 5.74) is 1.01. The molecule has 3 nitrogen and oxygen atoms in total. The molecule has 1 rings (SSSR count). The topological polar surface area (TPSA) is 34.5 Å². The van der Waals surface area contributed by atoms with E-state index in [-0.39, 0.29) is 0 Å². The Hall–Kier alpha value is -1.38. The van der Waals surface area contributed by atoms with Crippen molar-refractivity contribution in [2.75, 3.05) is 6.61 Å². The Kier molecular flexibility index (Phi) is 6.21. The average Bonchev–Trinajstić information content (AvgIpc) is 2.29. The molecule has 0 aliphatic carbocycles. The highest BCUT2D eigenvalue weighted by Crippen LogP contribution is 1.99. The van der Waals surface area contributed by atoms with Crippen LogP contribution in [-0.4, -0.2) is 17.8 Å². The van der Waals surface area contributed by atoms with Crippen molar-refractivity contribution in [1.29, 1.82) is 0 Å². The van der Waals surface area contributed by atoms with Gasteiger partial charge < -0.3 is 4.84 Å².